The van der Waals surface area contributed by atoms with E-state index in [1.54, 1.807) is 23.7 Å². The van der Waals surface area contributed by atoms with Crippen molar-refractivity contribution in [2.24, 2.45) is 7.05 Å². The maximum absolute atomic E-state index is 12.4. The predicted octanol–water partition coefficient (Wildman–Crippen LogP) is 0.604. The first kappa shape index (κ1) is 12.7. The van der Waals surface area contributed by atoms with E-state index in [0.29, 0.717) is 30.5 Å². The molecular weight excluding hydrogens is 258 g/mol. The molecule has 1 aromatic carbocycles. The lowest BCUT2D eigenvalue weighted by molar-refractivity contribution is -0.122. The second-order valence-electron chi connectivity index (χ2n) is 5.04. The van der Waals surface area contributed by atoms with E-state index in [1.807, 2.05) is 6.07 Å². The molecule has 1 aliphatic rings. The average Bonchev–Trinajstić information content (AvgIpc) is 2.72. The van der Waals surface area contributed by atoms with E-state index in [4.69, 9.17) is 0 Å². The number of para-hydroxylation sites is 1. The number of carbonyl (C=O) groups excluding carboxylic acids is 2. The topological polar surface area (TPSA) is 73.1 Å². The Balaban J connectivity index is 2.21. The summed E-state index contributed by atoms with van der Waals surface area (Å²) in [6.45, 7) is 0.448. The Kier molecular flexibility index (Phi) is 2.93. The number of aryl methyl sites for hydroxylation is 1. The van der Waals surface area contributed by atoms with Crippen molar-refractivity contribution < 1.29 is 9.59 Å². The Bertz CT molecular complexity index is 747. The second-order valence-corrected chi connectivity index (χ2v) is 5.04. The van der Waals surface area contributed by atoms with Gasteiger partial charge in [-0.05, 0) is 18.6 Å². The van der Waals surface area contributed by atoms with Crippen LogP contribution >= 0.6 is 0 Å². The summed E-state index contributed by atoms with van der Waals surface area (Å²) >= 11 is 0. The van der Waals surface area contributed by atoms with E-state index in [1.165, 1.54) is 4.57 Å². The molecule has 1 atom stereocenters. The van der Waals surface area contributed by atoms with Gasteiger partial charge in [-0.3, -0.25) is 18.7 Å². The zero-order valence-corrected chi connectivity index (χ0v) is 11.1. The van der Waals surface area contributed by atoms with E-state index in [2.05, 4.69) is 5.32 Å². The summed E-state index contributed by atoms with van der Waals surface area (Å²) in [5.74, 6) is 0.0168. The van der Waals surface area contributed by atoms with Crippen LogP contribution in [0.4, 0.5) is 0 Å². The van der Waals surface area contributed by atoms with E-state index in [9.17, 15) is 14.4 Å². The van der Waals surface area contributed by atoms with E-state index < -0.39 is 0 Å². The molecule has 1 aliphatic heterocycles. The number of piperidine rings is 1. The highest BCUT2D eigenvalue weighted by molar-refractivity contribution is 5.94. The quantitative estimate of drug-likeness (QED) is 0.814. The van der Waals surface area contributed by atoms with Crippen LogP contribution in [0.3, 0.4) is 0 Å². The van der Waals surface area contributed by atoms with Crippen molar-refractivity contribution in [3.05, 3.63) is 34.2 Å². The molecular formula is C14H15N3O3. The SMILES string of the molecule is Cn1c(=O)n(C2CCC(=O)NC2)c2cccc(C=O)c21. The number of amides is 1. The molecule has 0 spiro atoms. The highest BCUT2D eigenvalue weighted by Crippen LogP contribution is 2.23. The number of nitrogens with zero attached hydrogens (tertiary/aromatic N) is 2. The second kappa shape index (κ2) is 4.63. The van der Waals surface area contributed by atoms with Crippen LogP contribution in [0, 0.1) is 0 Å². The van der Waals surface area contributed by atoms with Crippen molar-refractivity contribution in [3.8, 4) is 0 Å². The third-order valence-corrected chi connectivity index (χ3v) is 3.87. The standard InChI is InChI=1S/C14H15N3O3/c1-16-13-9(8-18)3-2-4-11(13)17(14(16)20)10-5-6-12(19)15-7-10/h2-4,8,10H,5-7H2,1H3,(H,15,19). The maximum Gasteiger partial charge on any atom is 0.329 e. The number of hydrogen-bond donors (Lipinski definition) is 1. The molecule has 104 valence electrons. The van der Waals surface area contributed by atoms with Crippen LogP contribution in [-0.4, -0.2) is 27.9 Å². The Labute approximate surface area is 115 Å². The molecule has 6 heteroatoms. The van der Waals surface area contributed by atoms with Crippen molar-refractivity contribution in [3.63, 3.8) is 0 Å². The van der Waals surface area contributed by atoms with Crippen LogP contribution in [0.25, 0.3) is 11.0 Å². The van der Waals surface area contributed by atoms with Crippen LogP contribution in [0.2, 0.25) is 0 Å². The number of benzene rings is 1. The zero-order chi connectivity index (χ0) is 14.3. The van der Waals surface area contributed by atoms with E-state index in [-0.39, 0.29) is 17.6 Å². The summed E-state index contributed by atoms with van der Waals surface area (Å²) in [5.41, 5.74) is 1.73. The van der Waals surface area contributed by atoms with E-state index in [0.717, 1.165) is 11.8 Å². The molecule has 1 N–H and O–H groups in total. The molecule has 1 fully saturated rings. The monoisotopic (exact) mass is 273 g/mol. The molecule has 0 radical (unpaired) electrons. The molecule has 3 rings (SSSR count). The van der Waals surface area contributed by atoms with Gasteiger partial charge < -0.3 is 5.32 Å². The van der Waals surface area contributed by atoms with Crippen molar-refractivity contribution in [1.82, 2.24) is 14.5 Å². The summed E-state index contributed by atoms with van der Waals surface area (Å²) in [7, 11) is 1.66. The Hall–Kier alpha value is -2.37. The molecule has 1 aromatic heterocycles. The molecule has 1 amide bonds. The lowest BCUT2D eigenvalue weighted by atomic mass is 10.1. The minimum atomic E-state index is -0.157. The number of fused-ring (bicyclic) bond motifs is 1. The molecule has 0 bridgehead atoms. The fourth-order valence-corrected chi connectivity index (χ4v) is 2.86. The fraction of sp³-hybridized carbons (Fsp3) is 0.357. The highest BCUT2D eigenvalue weighted by atomic mass is 16.2. The van der Waals surface area contributed by atoms with Gasteiger partial charge in [0, 0.05) is 25.6 Å². The third-order valence-electron chi connectivity index (χ3n) is 3.87. The van der Waals surface area contributed by atoms with Gasteiger partial charge in [-0.15, -0.1) is 0 Å². The van der Waals surface area contributed by atoms with Gasteiger partial charge in [0.1, 0.15) is 0 Å². The van der Waals surface area contributed by atoms with Gasteiger partial charge in [0.2, 0.25) is 5.91 Å². The predicted molar refractivity (Wildman–Crippen MR) is 73.8 cm³/mol. The molecule has 2 heterocycles. The van der Waals surface area contributed by atoms with Crippen LogP contribution in [0.5, 0.6) is 0 Å². The minimum Gasteiger partial charge on any atom is -0.354 e. The summed E-state index contributed by atoms with van der Waals surface area (Å²) in [6, 6.07) is 5.23. The van der Waals surface area contributed by atoms with Crippen LogP contribution in [0.1, 0.15) is 29.2 Å². The Morgan fingerprint density at radius 3 is 2.80 bits per heavy atom. The van der Waals surface area contributed by atoms with Crippen molar-refractivity contribution in [2.45, 2.75) is 18.9 Å². The van der Waals surface area contributed by atoms with Crippen LogP contribution < -0.4 is 11.0 Å². The summed E-state index contributed by atoms with van der Waals surface area (Å²) in [6.07, 6.45) is 1.81. The first-order valence-electron chi connectivity index (χ1n) is 6.55. The smallest absolute Gasteiger partial charge is 0.329 e. The van der Waals surface area contributed by atoms with Gasteiger partial charge in [-0.2, -0.15) is 0 Å². The van der Waals surface area contributed by atoms with E-state index >= 15 is 0 Å². The van der Waals surface area contributed by atoms with Gasteiger partial charge in [-0.1, -0.05) is 6.07 Å². The first-order valence-corrected chi connectivity index (χ1v) is 6.55. The molecule has 0 aliphatic carbocycles. The lowest BCUT2D eigenvalue weighted by Gasteiger charge is -2.23. The van der Waals surface area contributed by atoms with Crippen molar-refractivity contribution in [1.29, 1.82) is 0 Å². The molecule has 1 saturated heterocycles. The first-order chi connectivity index (χ1) is 9.63. The van der Waals surface area contributed by atoms with Gasteiger partial charge >= 0.3 is 5.69 Å². The number of hydrogen-bond acceptors (Lipinski definition) is 3. The van der Waals surface area contributed by atoms with Crippen LogP contribution in [0.15, 0.2) is 23.0 Å². The number of carbonyl (C=O) groups is 2. The minimum absolute atomic E-state index is 0.0168. The summed E-state index contributed by atoms with van der Waals surface area (Å²) in [4.78, 5) is 34.8. The van der Waals surface area contributed by atoms with Gasteiger partial charge in [0.25, 0.3) is 0 Å². The summed E-state index contributed by atoms with van der Waals surface area (Å²) in [5, 5.41) is 2.78. The van der Waals surface area contributed by atoms with Crippen molar-refractivity contribution in [2.75, 3.05) is 6.54 Å². The van der Waals surface area contributed by atoms with Gasteiger partial charge in [-0.25, -0.2) is 4.79 Å². The number of imidazole rings is 1. The number of aldehydes is 1. The zero-order valence-electron chi connectivity index (χ0n) is 11.1. The largest absolute Gasteiger partial charge is 0.354 e. The van der Waals surface area contributed by atoms with Crippen molar-refractivity contribution >= 4 is 23.2 Å². The summed E-state index contributed by atoms with van der Waals surface area (Å²) < 4.78 is 3.18. The molecule has 2 aromatic rings. The van der Waals surface area contributed by atoms with Gasteiger partial charge in [0.15, 0.2) is 6.29 Å². The van der Waals surface area contributed by atoms with Gasteiger partial charge in [0.05, 0.1) is 17.1 Å². The number of rotatable bonds is 2. The molecule has 6 nitrogen and oxygen atoms in total. The number of nitrogens with one attached hydrogen (secondary N) is 1. The normalized spacial score (nSPS) is 19.1. The maximum atomic E-state index is 12.4. The molecule has 0 saturated carbocycles. The fourth-order valence-electron chi connectivity index (χ4n) is 2.86. The highest BCUT2D eigenvalue weighted by Gasteiger charge is 2.24. The average molecular weight is 273 g/mol. The van der Waals surface area contributed by atoms with Crippen LogP contribution in [-0.2, 0) is 11.8 Å². The Morgan fingerprint density at radius 2 is 2.15 bits per heavy atom. The molecule has 1 unspecified atom stereocenters. The Morgan fingerprint density at radius 1 is 1.35 bits per heavy atom. The third kappa shape index (κ3) is 1.76. The molecule has 20 heavy (non-hydrogen) atoms. The lowest BCUT2D eigenvalue weighted by Crippen LogP contribution is -2.39. The number of aromatic nitrogens is 2.